The number of rotatable bonds is 2. The third-order valence-corrected chi connectivity index (χ3v) is 4.81. The van der Waals surface area contributed by atoms with Crippen LogP contribution in [0.25, 0.3) is 0 Å². The quantitative estimate of drug-likeness (QED) is 0.792. The summed E-state index contributed by atoms with van der Waals surface area (Å²) >= 11 is 0. The third-order valence-electron chi connectivity index (χ3n) is 3.10. The molecule has 2 aromatic carbocycles. The maximum Gasteiger partial charge on any atom is 0.313 e. The summed E-state index contributed by atoms with van der Waals surface area (Å²) in [4.78, 5) is 23.5. The monoisotopic (exact) mass is 305 g/mol. The predicted molar refractivity (Wildman–Crippen MR) is 71.8 cm³/mol. The summed E-state index contributed by atoms with van der Waals surface area (Å²) in [6.45, 7) is 0. The Labute approximate surface area is 119 Å². The Morgan fingerprint density at radius 3 is 2.19 bits per heavy atom. The average molecular weight is 305 g/mol. The van der Waals surface area contributed by atoms with E-state index < -0.39 is 27.5 Å². The smallest absolute Gasteiger partial charge is 0.283 e. The molecule has 106 valence electrons. The summed E-state index contributed by atoms with van der Waals surface area (Å²) in [6.07, 6.45) is 0. The number of Topliss-reactive ketones (excluding diaryl/α,β-unsaturated/α-hetero) is 1. The van der Waals surface area contributed by atoms with Crippen molar-refractivity contribution in [2.24, 2.45) is 0 Å². The molecule has 0 radical (unpaired) electrons. The minimum atomic E-state index is -4.25. The van der Waals surface area contributed by atoms with E-state index in [9.17, 15) is 22.4 Å². The number of nitrogens with zero attached hydrogens (tertiary/aromatic N) is 1. The van der Waals surface area contributed by atoms with E-state index in [1.54, 1.807) is 0 Å². The van der Waals surface area contributed by atoms with Crippen LogP contribution in [0.4, 0.5) is 10.1 Å². The van der Waals surface area contributed by atoms with Crippen molar-refractivity contribution >= 4 is 27.4 Å². The molecule has 7 heteroatoms. The molecule has 1 aliphatic rings. The van der Waals surface area contributed by atoms with Crippen LogP contribution in [-0.4, -0.2) is 20.1 Å². The Hall–Kier alpha value is -2.54. The van der Waals surface area contributed by atoms with Gasteiger partial charge in [-0.2, -0.15) is 4.31 Å². The van der Waals surface area contributed by atoms with Gasteiger partial charge in [0.25, 0.3) is 15.8 Å². The molecule has 1 heterocycles. The second-order valence-electron chi connectivity index (χ2n) is 4.37. The topological polar surface area (TPSA) is 71.5 Å². The fraction of sp³-hybridized carbons (Fsp3) is 0. The van der Waals surface area contributed by atoms with Gasteiger partial charge in [0, 0.05) is 0 Å². The third kappa shape index (κ3) is 1.93. The van der Waals surface area contributed by atoms with Gasteiger partial charge in [-0.05, 0) is 36.4 Å². The first-order valence-electron chi connectivity index (χ1n) is 5.91. The van der Waals surface area contributed by atoms with E-state index in [0.29, 0.717) is 4.31 Å². The number of benzene rings is 2. The molecule has 1 amide bonds. The Morgan fingerprint density at radius 2 is 1.52 bits per heavy atom. The van der Waals surface area contributed by atoms with Crippen molar-refractivity contribution in [3.05, 3.63) is 59.9 Å². The molecule has 1 aliphatic heterocycles. The van der Waals surface area contributed by atoms with E-state index in [1.165, 1.54) is 24.3 Å². The minimum absolute atomic E-state index is 0.0109. The van der Waals surface area contributed by atoms with Gasteiger partial charge in [-0.3, -0.25) is 9.59 Å². The molecule has 3 rings (SSSR count). The lowest BCUT2D eigenvalue weighted by atomic mass is 10.1. The van der Waals surface area contributed by atoms with Gasteiger partial charge in [-0.15, -0.1) is 0 Å². The highest BCUT2D eigenvalue weighted by Gasteiger charge is 2.43. The number of hydrogen-bond acceptors (Lipinski definition) is 4. The predicted octanol–water partition coefficient (Wildman–Crippen LogP) is 1.74. The summed E-state index contributed by atoms with van der Waals surface area (Å²) in [5.41, 5.74) is 0.0463. The van der Waals surface area contributed by atoms with Gasteiger partial charge in [0.2, 0.25) is 0 Å². The molecular formula is C14H8FNO4S. The molecule has 0 spiro atoms. The van der Waals surface area contributed by atoms with Crippen molar-refractivity contribution in [1.82, 2.24) is 0 Å². The van der Waals surface area contributed by atoms with E-state index in [-0.39, 0.29) is 16.1 Å². The van der Waals surface area contributed by atoms with Crippen LogP contribution in [0.3, 0.4) is 0 Å². The number of carbonyl (C=O) groups is 2. The molecule has 0 N–H and O–H groups in total. The summed E-state index contributed by atoms with van der Waals surface area (Å²) in [6, 6.07) is 9.86. The van der Waals surface area contributed by atoms with E-state index in [2.05, 4.69) is 0 Å². The number of ketones is 1. The highest BCUT2D eigenvalue weighted by Crippen LogP contribution is 2.33. The number of halogens is 1. The molecular weight excluding hydrogens is 297 g/mol. The van der Waals surface area contributed by atoms with Crippen molar-refractivity contribution < 1.29 is 22.4 Å². The molecule has 2 aromatic rings. The maximum absolute atomic E-state index is 12.9. The standard InChI is InChI=1S/C14H8FNO4S/c15-9-5-7-10(8-6-9)21(19,20)16-12-4-2-1-3-11(12)13(17)14(16)18/h1-8H. The zero-order chi connectivity index (χ0) is 15.2. The molecule has 0 aliphatic carbocycles. The second-order valence-corrected chi connectivity index (χ2v) is 6.16. The first-order chi connectivity index (χ1) is 9.93. The van der Waals surface area contributed by atoms with Crippen LogP contribution in [0.1, 0.15) is 10.4 Å². The molecule has 0 saturated carbocycles. The molecule has 0 atom stereocenters. The van der Waals surface area contributed by atoms with Crippen LogP contribution in [0.15, 0.2) is 53.4 Å². The van der Waals surface area contributed by atoms with Crippen LogP contribution >= 0.6 is 0 Å². The van der Waals surface area contributed by atoms with Gasteiger partial charge in [-0.25, -0.2) is 12.8 Å². The molecule has 0 unspecified atom stereocenters. The van der Waals surface area contributed by atoms with E-state index in [4.69, 9.17) is 0 Å². The summed E-state index contributed by atoms with van der Waals surface area (Å²) in [5, 5.41) is 0. The number of hydrogen-bond donors (Lipinski definition) is 0. The van der Waals surface area contributed by atoms with Crippen LogP contribution in [-0.2, 0) is 14.8 Å². The molecule has 21 heavy (non-hydrogen) atoms. The van der Waals surface area contributed by atoms with Gasteiger partial charge >= 0.3 is 5.91 Å². The Kier molecular flexibility index (Phi) is 2.87. The number of anilines is 1. The van der Waals surface area contributed by atoms with Crippen molar-refractivity contribution in [2.75, 3.05) is 4.31 Å². The molecule has 5 nitrogen and oxygen atoms in total. The van der Waals surface area contributed by atoms with Gasteiger partial charge in [-0.1, -0.05) is 12.1 Å². The first kappa shape index (κ1) is 13.4. The fourth-order valence-corrected chi connectivity index (χ4v) is 3.52. The van der Waals surface area contributed by atoms with Gasteiger partial charge < -0.3 is 0 Å². The molecule has 0 fully saturated rings. The summed E-state index contributed by atoms with van der Waals surface area (Å²) < 4.78 is 38.3. The van der Waals surface area contributed by atoms with Crippen molar-refractivity contribution in [3.8, 4) is 0 Å². The Bertz CT molecular complexity index is 859. The summed E-state index contributed by atoms with van der Waals surface area (Å²) in [5.74, 6) is -2.62. The Morgan fingerprint density at radius 1 is 0.905 bits per heavy atom. The zero-order valence-electron chi connectivity index (χ0n) is 10.5. The molecule has 0 aromatic heterocycles. The number of amides is 1. The number of sulfonamides is 1. The fourth-order valence-electron chi connectivity index (χ4n) is 2.11. The van der Waals surface area contributed by atoms with Crippen LogP contribution in [0, 0.1) is 5.82 Å². The van der Waals surface area contributed by atoms with Crippen molar-refractivity contribution in [2.45, 2.75) is 4.90 Å². The number of carbonyl (C=O) groups excluding carboxylic acids is 2. The lowest BCUT2D eigenvalue weighted by molar-refractivity contribution is -0.113. The van der Waals surface area contributed by atoms with Crippen LogP contribution < -0.4 is 4.31 Å². The largest absolute Gasteiger partial charge is 0.313 e. The molecule has 0 bridgehead atoms. The normalized spacial score (nSPS) is 14.4. The average Bonchev–Trinajstić information content (AvgIpc) is 2.72. The van der Waals surface area contributed by atoms with E-state index >= 15 is 0 Å². The highest BCUT2D eigenvalue weighted by molar-refractivity contribution is 7.93. The first-order valence-corrected chi connectivity index (χ1v) is 7.35. The van der Waals surface area contributed by atoms with Crippen molar-refractivity contribution in [3.63, 3.8) is 0 Å². The molecule has 0 saturated heterocycles. The minimum Gasteiger partial charge on any atom is -0.283 e. The number of para-hydroxylation sites is 1. The summed E-state index contributed by atoms with van der Waals surface area (Å²) in [7, 11) is -4.25. The van der Waals surface area contributed by atoms with E-state index in [0.717, 1.165) is 24.3 Å². The van der Waals surface area contributed by atoms with Gasteiger partial charge in [0.1, 0.15) is 5.82 Å². The van der Waals surface area contributed by atoms with Crippen LogP contribution in [0.2, 0.25) is 0 Å². The SMILES string of the molecule is O=C1C(=O)N(S(=O)(=O)c2ccc(F)cc2)c2ccccc21. The lowest BCUT2D eigenvalue weighted by Crippen LogP contribution is -2.35. The zero-order valence-corrected chi connectivity index (χ0v) is 11.3. The Balaban J connectivity index is 2.18. The second kappa shape index (κ2) is 4.49. The maximum atomic E-state index is 12.9. The van der Waals surface area contributed by atoms with Crippen LogP contribution in [0.5, 0.6) is 0 Å². The van der Waals surface area contributed by atoms with E-state index in [1.807, 2.05) is 0 Å². The van der Waals surface area contributed by atoms with Gasteiger partial charge in [0.15, 0.2) is 0 Å². The van der Waals surface area contributed by atoms with Crippen molar-refractivity contribution in [1.29, 1.82) is 0 Å². The highest BCUT2D eigenvalue weighted by atomic mass is 32.2. The lowest BCUT2D eigenvalue weighted by Gasteiger charge is -2.16. The van der Waals surface area contributed by atoms with Gasteiger partial charge in [0.05, 0.1) is 16.1 Å². The number of fused-ring (bicyclic) bond motifs is 1.